The lowest BCUT2D eigenvalue weighted by atomic mass is 9.96. The summed E-state index contributed by atoms with van der Waals surface area (Å²) in [4.78, 5) is 26.2. The van der Waals surface area contributed by atoms with Crippen molar-refractivity contribution in [3.8, 4) is 22.6 Å². The van der Waals surface area contributed by atoms with E-state index in [4.69, 9.17) is 9.47 Å². The highest BCUT2D eigenvalue weighted by molar-refractivity contribution is 5.94. The van der Waals surface area contributed by atoms with Crippen LogP contribution in [0.4, 0.5) is 0 Å². The monoisotopic (exact) mass is 461 g/mol. The Kier molecular flexibility index (Phi) is 6.95. The summed E-state index contributed by atoms with van der Waals surface area (Å²) >= 11 is 0. The molecule has 4 rings (SSSR count). The van der Waals surface area contributed by atoms with Crippen LogP contribution in [0.1, 0.15) is 27.9 Å². The van der Waals surface area contributed by atoms with E-state index in [1.807, 2.05) is 49.4 Å². The molecular weight excluding hydrogens is 434 g/mol. The maximum atomic E-state index is 13.0. The summed E-state index contributed by atoms with van der Waals surface area (Å²) in [5, 5.41) is 19.3. The number of aliphatic hydroxyl groups is 1. The molecule has 0 bridgehead atoms. The maximum absolute atomic E-state index is 13.0. The van der Waals surface area contributed by atoms with Gasteiger partial charge in [0, 0.05) is 31.1 Å². The van der Waals surface area contributed by atoms with Gasteiger partial charge in [0.25, 0.3) is 0 Å². The number of nitrogens with zero attached hydrogens (tertiary/aromatic N) is 1. The number of ether oxygens (including phenoxy) is 2. The minimum Gasteiger partial charge on any atom is -0.496 e. The van der Waals surface area contributed by atoms with Gasteiger partial charge in [0.05, 0.1) is 18.8 Å². The molecule has 0 spiro atoms. The van der Waals surface area contributed by atoms with E-state index in [1.54, 1.807) is 29.2 Å². The fourth-order valence-corrected chi connectivity index (χ4v) is 4.40. The second-order valence-corrected chi connectivity index (χ2v) is 8.38. The van der Waals surface area contributed by atoms with E-state index in [1.165, 1.54) is 7.11 Å². The number of likely N-dealkylation sites (tertiary alicyclic amines) is 1. The second-order valence-electron chi connectivity index (χ2n) is 8.38. The van der Waals surface area contributed by atoms with Gasteiger partial charge in [0.15, 0.2) is 0 Å². The smallest absolute Gasteiger partial charge is 0.343 e. The number of methoxy groups -OCH3 is 1. The van der Waals surface area contributed by atoms with E-state index < -0.39 is 24.1 Å². The summed E-state index contributed by atoms with van der Waals surface area (Å²) in [6, 6.07) is 19.7. The summed E-state index contributed by atoms with van der Waals surface area (Å²) < 4.78 is 11.1. The third-order valence-electron chi connectivity index (χ3n) is 6.15. The van der Waals surface area contributed by atoms with Crippen LogP contribution < -0.4 is 9.47 Å². The molecule has 3 aromatic rings. The summed E-state index contributed by atoms with van der Waals surface area (Å²) in [6.45, 7) is 2.46. The van der Waals surface area contributed by atoms with Crippen molar-refractivity contribution in [2.24, 2.45) is 0 Å². The Bertz CT molecular complexity index is 1190. The van der Waals surface area contributed by atoms with Crippen molar-refractivity contribution in [2.75, 3.05) is 13.7 Å². The Morgan fingerprint density at radius 2 is 1.82 bits per heavy atom. The third kappa shape index (κ3) is 4.95. The van der Waals surface area contributed by atoms with E-state index >= 15 is 0 Å². The van der Waals surface area contributed by atoms with Crippen LogP contribution in [0.15, 0.2) is 66.7 Å². The molecule has 1 heterocycles. The van der Waals surface area contributed by atoms with Gasteiger partial charge in [0.2, 0.25) is 0 Å². The molecule has 0 unspecified atom stereocenters. The number of benzene rings is 3. The highest BCUT2D eigenvalue weighted by atomic mass is 16.5. The number of rotatable bonds is 7. The molecule has 34 heavy (non-hydrogen) atoms. The first-order valence-electron chi connectivity index (χ1n) is 11.1. The molecule has 2 N–H and O–H groups in total. The molecule has 7 heteroatoms. The van der Waals surface area contributed by atoms with E-state index in [2.05, 4.69) is 0 Å². The number of aliphatic carboxylic acids is 1. The molecule has 176 valence electrons. The van der Waals surface area contributed by atoms with Gasteiger partial charge in [-0.05, 0) is 35.7 Å². The van der Waals surface area contributed by atoms with Crippen molar-refractivity contribution < 1.29 is 29.3 Å². The van der Waals surface area contributed by atoms with Crippen LogP contribution in [0.25, 0.3) is 11.1 Å². The standard InChI is InChI=1S/C27H27NO6/c1-17-22(18-7-4-3-5-8-18)9-6-10-23(17)27(32)34-21-12-11-19(25(14-21)33-2)15-28-16-20(29)13-24(28)26(30)31/h3-12,14,20,24,29H,13,15-16H2,1-2H3,(H,30,31)/t20-,24+/m1/s1. The first kappa shape index (κ1) is 23.5. The highest BCUT2D eigenvalue weighted by Crippen LogP contribution is 2.30. The SMILES string of the molecule is COc1cc(OC(=O)c2cccc(-c3ccccc3)c2C)ccc1CN1C[C@H](O)C[C@H]1C(=O)O. The lowest BCUT2D eigenvalue weighted by Gasteiger charge is -2.22. The van der Waals surface area contributed by atoms with Crippen LogP contribution in [0.5, 0.6) is 11.5 Å². The van der Waals surface area contributed by atoms with E-state index in [-0.39, 0.29) is 13.0 Å². The zero-order valence-corrected chi connectivity index (χ0v) is 19.1. The molecule has 0 aromatic heterocycles. The first-order valence-corrected chi connectivity index (χ1v) is 11.1. The van der Waals surface area contributed by atoms with Crippen LogP contribution >= 0.6 is 0 Å². The number of carbonyl (C=O) groups is 2. The Morgan fingerprint density at radius 3 is 2.53 bits per heavy atom. The molecular formula is C27H27NO6. The fourth-order valence-electron chi connectivity index (χ4n) is 4.40. The van der Waals surface area contributed by atoms with E-state index in [0.717, 1.165) is 22.3 Å². The summed E-state index contributed by atoms with van der Waals surface area (Å²) in [5.41, 5.74) is 4.02. The number of carboxylic acid groups (broad SMARTS) is 1. The molecule has 0 amide bonds. The van der Waals surface area contributed by atoms with Gasteiger partial charge in [-0.15, -0.1) is 0 Å². The number of carbonyl (C=O) groups excluding carboxylic acids is 1. The van der Waals surface area contributed by atoms with Gasteiger partial charge >= 0.3 is 11.9 Å². The number of β-amino-alcohol motifs (C(OH)–C–C–N with tert-alkyl or cyclic N) is 1. The van der Waals surface area contributed by atoms with Gasteiger partial charge < -0.3 is 19.7 Å². The number of aliphatic hydroxyl groups excluding tert-OH is 1. The van der Waals surface area contributed by atoms with Crippen molar-refractivity contribution in [2.45, 2.75) is 32.0 Å². The quantitative estimate of drug-likeness (QED) is 0.407. The van der Waals surface area contributed by atoms with Crippen molar-refractivity contribution in [3.63, 3.8) is 0 Å². The number of hydrogen-bond donors (Lipinski definition) is 2. The van der Waals surface area contributed by atoms with Gasteiger partial charge in [-0.3, -0.25) is 9.69 Å². The molecule has 1 aliphatic heterocycles. The maximum Gasteiger partial charge on any atom is 0.343 e. The minimum absolute atomic E-state index is 0.189. The summed E-state index contributed by atoms with van der Waals surface area (Å²) in [6.07, 6.45) is -0.489. The van der Waals surface area contributed by atoms with Crippen LogP contribution in [0.2, 0.25) is 0 Å². The lowest BCUT2D eigenvalue weighted by Crippen LogP contribution is -2.35. The first-order chi connectivity index (χ1) is 16.4. The van der Waals surface area contributed by atoms with Crippen LogP contribution in [-0.4, -0.2) is 52.9 Å². The zero-order valence-electron chi connectivity index (χ0n) is 19.1. The largest absolute Gasteiger partial charge is 0.496 e. The molecule has 2 atom stereocenters. The third-order valence-corrected chi connectivity index (χ3v) is 6.15. The molecule has 1 fully saturated rings. The zero-order chi connectivity index (χ0) is 24.2. The Labute approximate surface area is 198 Å². The number of carboxylic acids is 1. The second kappa shape index (κ2) is 10.1. The van der Waals surface area contributed by atoms with Gasteiger partial charge in [0.1, 0.15) is 17.5 Å². The Morgan fingerprint density at radius 1 is 1.06 bits per heavy atom. The minimum atomic E-state index is -0.964. The van der Waals surface area contributed by atoms with Gasteiger partial charge in [-0.2, -0.15) is 0 Å². The fraction of sp³-hybridized carbons (Fsp3) is 0.259. The predicted molar refractivity (Wildman–Crippen MR) is 127 cm³/mol. The molecule has 1 aliphatic rings. The van der Waals surface area contributed by atoms with Gasteiger partial charge in [-0.25, -0.2) is 4.79 Å². The molecule has 7 nitrogen and oxygen atoms in total. The lowest BCUT2D eigenvalue weighted by molar-refractivity contribution is -0.142. The van der Waals surface area contributed by atoms with Crippen molar-refractivity contribution in [3.05, 3.63) is 83.4 Å². The van der Waals surface area contributed by atoms with Crippen molar-refractivity contribution >= 4 is 11.9 Å². The van der Waals surface area contributed by atoms with Crippen molar-refractivity contribution in [1.29, 1.82) is 0 Å². The highest BCUT2D eigenvalue weighted by Gasteiger charge is 2.36. The normalized spacial score (nSPS) is 18.0. The van der Waals surface area contributed by atoms with Gasteiger partial charge in [-0.1, -0.05) is 48.5 Å². The molecule has 0 aliphatic carbocycles. The van der Waals surface area contributed by atoms with Crippen LogP contribution in [0, 0.1) is 6.92 Å². The number of esters is 1. The molecule has 0 saturated carbocycles. The van der Waals surface area contributed by atoms with Crippen LogP contribution in [-0.2, 0) is 11.3 Å². The number of hydrogen-bond acceptors (Lipinski definition) is 6. The molecule has 3 aromatic carbocycles. The Balaban J connectivity index is 1.53. The Hall–Kier alpha value is -3.68. The van der Waals surface area contributed by atoms with E-state index in [0.29, 0.717) is 23.6 Å². The topological polar surface area (TPSA) is 96.3 Å². The molecule has 0 radical (unpaired) electrons. The summed E-state index contributed by atoms with van der Waals surface area (Å²) in [5.74, 6) is -0.634. The van der Waals surface area contributed by atoms with Crippen LogP contribution in [0.3, 0.4) is 0 Å². The average molecular weight is 462 g/mol. The van der Waals surface area contributed by atoms with Crippen molar-refractivity contribution in [1.82, 2.24) is 4.90 Å². The molecule has 1 saturated heterocycles. The summed E-state index contributed by atoms with van der Waals surface area (Å²) in [7, 11) is 1.51. The average Bonchev–Trinajstić information content (AvgIpc) is 3.21. The van der Waals surface area contributed by atoms with E-state index in [9.17, 15) is 19.8 Å². The predicted octanol–water partition coefficient (Wildman–Crippen LogP) is 3.91.